The second kappa shape index (κ2) is 8.58. The van der Waals surface area contributed by atoms with Crippen LogP contribution in [0.15, 0.2) is 29.2 Å². The number of hydrogen-bond acceptors (Lipinski definition) is 4. The van der Waals surface area contributed by atoms with Gasteiger partial charge < -0.3 is 11.1 Å². The number of benzene rings is 1. The van der Waals surface area contributed by atoms with Gasteiger partial charge in [-0.15, -0.1) is 12.4 Å². The van der Waals surface area contributed by atoms with Crippen molar-refractivity contribution in [1.29, 1.82) is 0 Å². The highest BCUT2D eigenvalue weighted by atomic mass is 35.5. The van der Waals surface area contributed by atoms with Gasteiger partial charge in [-0.2, -0.15) is 4.31 Å². The molecular formula is C14H21ClFN3O3S. The van der Waals surface area contributed by atoms with Crippen LogP contribution in [0.5, 0.6) is 0 Å². The maximum atomic E-state index is 12.9. The van der Waals surface area contributed by atoms with E-state index in [0.29, 0.717) is 32.5 Å². The number of nitrogens with one attached hydrogen (secondary N) is 1. The van der Waals surface area contributed by atoms with Gasteiger partial charge in [0.1, 0.15) is 5.82 Å². The van der Waals surface area contributed by atoms with Crippen molar-refractivity contribution >= 4 is 28.3 Å². The van der Waals surface area contributed by atoms with Crippen LogP contribution in [-0.2, 0) is 14.8 Å². The van der Waals surface area contributed by atoms with E-state index >= 15 is 0 Å². The van der Waals surface area contributed by atoms with Gasteiger partial charge in [-0.25, -0.2) is 12.8 Å². The zero-order valence-corrected chi connectivity index (χ0v) is 14.2. The largest absolute Gasteiger partial charge is 0.355 e. The van der Waals surface area contributed by atoms with Gasteiger partial charge in [0, 0.05) is 26.2 Å². The molecule has 9 heteroatoms. The van der Waals surface area contributed by atoms with Crippen molar-refractivity contribution in [2.24, 2.45) is 11.7 Å². The summed E-state index contributed by atoms with van der Waals surface area (Å²) in [7, 11) is -3.70. The molecule has 1 amide bonds. The van der Waals surface area contributed by atoms with Crippen molar-refractivity contribution in [1.82, 2.24) is 9.62 Å². The molecule has 0 aromatic heterocycles. The third-order valence-electron chi connectivity index (χ3n) is 3.65. The first kappa shape index (κ1) is 19.8. The molecule has 1 aliphatic rings. The van der Waals surface area contributed by atoms with Gasteiger partial charge in [-0.1, -0.05) is 0 Å². The van der Waals surface area contributed by atoms with Crippen LogP contribution in [0.2, 0.25) is 0 Å². The molecule has 1 aromatic carbocycles. The van der Waals surface area contributed by atoms with E-state index in [1.54, 1.807) is 0 Å². The Bertz CT molecular complexity index is 625. The van der Waals surface area contributed by atoms with E-state index in [-0.39, 0.29) is 35.7 Å². The molecule has 1 aliphatic heterocycles. The highest BCUT2D eigenvalue weighted by molar-refractivity contribution is 7.89. The lowest BCUT2D eigenvalue weighted by Crippen LogP contribution is -2.46. The maximum Gasteiger partial charge on any atom is 0.243 e. The smallest absolute Gasteiger partial charge is 0.243 e. The Kier molecular flexibility index (Phi) is 7.40. The quantitative estimate of drug-likeness (QED) is 0.804. The molecule has 0 radical (unpaired) electrons. The first-order valence-corrected chi connectivity index (χ1v) is 8.62. The Hall–Kier alpha value is -1.22. The van der Waals surface area contributed by atoms with E-state index in [1.807, 2.05) is 0 Å². The Morgan fingerprint density at radius 2 is 2.00 bits per heavy atom. The molecule has 2 rings (SSSR count). The summed E-state index contributed by atoms with van der Waals surface area (Å²) in [6.07, 6.45) is 1.26. The van der Waals surface area contributed by atoms with Gasteiger partial charge in [0.15, 0.2) is 0 Å². The number of nitrogens with zero attached hydrogens (tertiary/aromatic N) is 1. The first-order valence-electron chi connectivity index (χ1n) is 7.18. The van der Waals surface area contributed by atoms with Crippen LogP contribution in [0.4, 0.5) is 4.39 Å². The summed E-state index contributed by atoms with van der Waals surface area (Å²) in [5.74, 6) is -1.04. The number of carbonyl (C=O) groups is 1. The number of amides is 1. The summed E-state index contributed by atoms with van der Waals surface area (Å²) in [5.41, 5.74) is 5.34. The molecule has 23 heavy (non-hydrogen) atoms. The highest BCUT2D eigenvalue weighted by Gasteiger charge is 2.33. The Labute approximate surface area is 141 Å². The van der Waals surface area contributed by atoms with E-state index in [2.05, 4.69) is 5.32 Å². The number of hydrogen-bond donors (Lipinski definition) is 2. The van der Waals surface area contributed by atoms with Crippen molar-refractivity contribution in [2.45, 2.75) is 17.7 Å². The van der Waals surface area contributed by atoms with Crippen LogP contribution >= 0.6 is 12.4 Å². The van der Waals surface area contributed by atoms with Gasteiger partial charge in [0.2, 0.25) is 15.9 Å². The lowest BCUT2D eigenvalue weighted by atomic mass is 9.99. The molecule has 0 aliphatic carbocycles. The fraction of sp³-hybridized carbons (Fsp3) is 0.500. The Morgan fingerprint density at radius 3 is 2.61 bits per heavy atom. The van der Waals surface area contributed by atoms with Crippen LogP contribution in [0.1, 0.15) is 12.8 Å². The third-order valence-corrected chi connectivity index (χ3v) is 5.53. The summed E-state index contributed by atoms with van der Waals surface area (Å²) >= 11 is 0. The predicted octanol–water partition coefficient (Wildman–Crippen LogP) is 0.723. The van der Waals surface area contributed by atoms with E-state index in [1.165, 1.54) is 16.4 Å². The second-order valence-corrected chi connectivity index (χ2v) is 7.17. The number of piperidine rings is 1. The molecule has 1 aromatic rings. The number of sulfonamides is 1. The van der Waals surface area contributed by atoms with Crippen LogP contribution in [0.25, 0.3) is 0 Å². The Morgan fingerprint density at radius 1 is 1.35 bits per heavy atom. The molecule has 3 N–H and O–H groups in total. The molecule has 1 unspecified atom stereocenters. The second-order valence-electron chi connectivity index (χ2n) is 5.24. The van der Waals surface area contributed by atoms with Gasteiger partial charge in [0.25, 0.3) is 0 Å². The van der Waals surface area contributed by atoms with E-state index in [0.717, 1.165) is 12.1 Å². The van der Waals surface area contributed by atoms with Crippen LogP contribution < -0.4 is 11.1 Å². The number of rotatable bonds is 5. The standard InChI is InChI=1S/C14H20FN3O3S.ClH/c15-12-3-5-13(6-4-12)22(20,21)18-9-1-2-11(10-18)14(19)17-8-7-16;/h3-6,11H,1-2,7-10,16H2,(H,17,19);1H. The van der Waals surface area contributed by atoms with Crippen LogP contribution in [0.3, 0.4) is 0 Å². The van der Waals surface area contributed by atoms with Crippen LogP contribution in [-0.4, -0.2) is 44.8 Å². The molecule has 0 saturated carbocycles. The average molecular weight is 366 g/mol. The minimum Gasteiger partial charge on any atom is -0.355 e. The van der Waals surface area contributed by atoms with Gasteiger partial charge in [-0.3, -0.25) is 4.79 Å². The average Bonchev–Trinajstić information content (AvgIpc) is 2.53. The minimum atomic E-state index is -3.70. The van der Waals surface area contributed by atoms with Crippen molar-refractivity contribution in [3.8, 4) is 0 Å². The van der Waals surface area contributed by atoms with Crippen molar-refractivity contribution in [2.75, 3.05) is 26.2 Å². The molecule has 0 spiro atoms. The van der Waals surface area contributed by atoms with Crippen molar-refractivity contribution in [3.05, 3.63) is 30.1 Å². The van der Waals surface area contributed by atoms with Gasteiger partial charge >= 0.3 is 0 Å². The van der Waals surface area contributed by atoms with E-state index in [9.17, 15) is 17.6 Å². The summed E-state index contributed by atoms with van der Waals surface area (Å²) in [6.45, 7) is 1.21. The van der Waals surface area contributed by atoms with E-state index < -0.39 is 15.8 Å². The summed E-state index contributed by atoms with van der Waals surface area (Å²) in [4.78, 5) is 12.0. The zero-order chi connectivity index (χ0) is 16.2. The van der Waals surface area contributed by atoms with Crippen molar-refractivity contribution in [3.63, 3.8) is 0 Å². The van der Waals surface area contributed by atoms with Crippen molar-refractivity contribution < 1.29 is 17.6 Å². The van der Waals surface area contributed by atoms with Gasteiger partial charge in [0.05, 0.1) is 10.8 Å². The first-order chi connectivity index (χ1) is 10.4. The fourth-order valence-corrected chi connectivity index (χ4v) is 3.99. The number of halogens is 2. The SMILES string of the molecule is Cl.NCCNC(=O)C1CCCN(S(=O)(=O)c2ccc(F)cc2)C1. The highest BCUT2D eigenvalue weighted by Crippen LogP contribution is 2.24. The van der Waals surface area contributed by atoms with E-state index in [4.69, 9.17) is 5.73 Å². The molecule has 1 heterocycles. The summed E-state index contributed by atoms with van der Waals surface area (Å²) < 4.78 is 39.3. The third kappa shape index (κ3) is 4.87. The molecule has 1 fully saturated rings. The Balaban J connectivity index is 0.00000264. The number of carbonyl (C=O) groups excluding carboxylic acids is 1. The topological polar surface area (TPSA) is 92.5 Å². The molecule has 6 nitrogen and oxygen atoms in total. The van der Waals surface area contributed by atoms with Crippen LogP contribution in [0, 0.1) is 11.7 Å². The maximum absolute atomic E-state index is 12.9. The molecule has 0 bridgehead atoms. The fourth-order valence-electron chi connectivity index (χ4n) is 2.47. The molecule has 1 saturated heterocycles. The zero-order valence-electron chi connectivity index (χ0n) is 12.6. The van der Waals surface area contributed by atoms with Gasteiger partial charge in [-0.05, 0) is 37.1 Å². The lowest BCUT2D eigenvalue weighted by molar-refractivity contribution is -0.126. The lowest BCUT2D eigenvalue weighted by Gasteiger charge is -2.31. The predicted molar refractivity (Wildman–Crippen MR) is 87.2 cm³/mol. The molecule has 1 atom stereocenters. The minimum absolute atomic E-state index is 0. The monoisotopic (exact) mass is 365 g/mol. The number of nitrogens with two attached hydrogens (primary N) is 1. The molecular weight excluding hydrogens is 345 g/mol. The summed E-state index contributed by atoms with van der Waals surface area (Å²) in [5, 5.41) is 2.69. The molecule has 130 valence electrons. The summed E-state index contributed by atoms with van der Waals surface area (Å²) in [6, 6.07) is 4.70. The normalized spacial score (nSPS) is 19.0.